The van der Waals surface area contributed by atoms with Gasteiger partial charge < -0.3 is 1.43 Å². The summed E-state index contributed by atoms with van der Waals surface area (Å²) >= 11 is 0. The molecule has 6 nitrogen and oxygen atoms in total. The molecule has 0 atom stereocenters. The molecule has 0 saturated carbocycles. The largest absolute Gasteiger partial charge is 1.00 e. The van der Waals surface area contributed by atoms with Crippen molar-refractivity contribution in [2.24, 2.45) is 0 Å². The zero-order valence-corrected chi connectivity index (χ0v) is 11.7. The minimum Gasteiger partial charge on any atom is -1.00 e. The predicted octanol–water partition coefficient (Wildman–Crippen LogP) is -3.37. The summed E-state index contributed by atoms with van der Waals surface area (Å²) in [6, 6.07) is 0. The number of amides is 1. The van der Waals surface area contributed by atoms with Crippen LogP contribution in [0.2, 0.25) is 0 Å². The Hall–Kier alpha value is 0.726. The average molecular weight is 299 g/mol. The van der Waals surface area contributed by atoms with Crippen molar-refractivity contribution in [3.8, 4) is 0 Å². The van der Waals surface area contributed by atoms with Crippen LogP contribution in [0.1, 0.15) is 1.43 Å². The van der Waals surface area contributed by atoms with Crippen molar-refractivity contribution in [2.45, 2.75) is 5.51 Å². The van der Waals surface area contributed by atoms with Gasteiger partial charge >= 0.3 is 77.3 Å². The van der Waals surface area contributed by atoms with Crippen molar-refractivity contribution in [1.82, 2.24) is 3.71 Å². The van der Waals surface area contributed by atoms with E-state index in [9.17, 15) is 38.7 Å². The Balaban J connectivity index is -0.000000845. The zero-order chi connectivity index (χ0) is 11.8. The van der Waals surface area contributed by atoms with Gasteiger partial charge in [0.15, 0.2) is 0 Å². The van der Waals surface area contributed by atoms with E-state index in [0.717, 1.165) is 0 Å². The topological polar surface area (TPSA) is 88.6 Å². The van der Waals surface area contributed by atoms with E-state index in [2.05, 4.69) is 0 Å². The molecule has 0 aliphatic carbocycles. The fourth-order valence-corrected chi connectivity index (χ4v) is 1.94. The van der Waals surface area contributed by atoms with Crippen LogP contribution in [0.4, 0.5) is 17.1 Å². The first kappa shape index (κ1) is 18.1. The van der Waals surface area contributed by atoms with Gasteiger partial charge in [0.1, 0.15) is 0 Å². The minimum atomic E-state index is -6.54. The van der Waals surface area contributed by atoms with Crippen LogP contribution in [0.5, 0.6) is 0 Å². The Morgan fingerprint density at radius 1 is 1.13 bits per heavy atom. The van der Waals surface area contributed by atoms with Gasteiger partial charge in [0, 0.05) is 0 Å². The van der Waals surface area contributed by atoms with Gasteiger partial charge in [-0.05, 0) is 0 Å². The summed E-state index contributed by atoms with van der Waals surface area (Å²) in [5.74, 6) is 0. The summed E-state index contributed by atoms with van der Waals surface area (Å²) in [6.07, 6.45) is -1.31. The molecule has 0 aromatic carbocycles. The third-order valence-corrected chi connectivity index (χ3v) is 3.61. The number of halogens is 4. The van der Waals surface area contributed by atoms with Gasteiger partial charge in [-0.1, -0.05) is 7.60 Å². The molecule has 0 heterocycles. The normalized spacial score (nSPS) is 12.8. The molecule has 0 spiro atoms. The molecule has 0 rings (SSSR count). The number of sulfonamides is 1. The number of alkyl halides is 3. The number of nitrogens with zero attached hydrogens (tertiary/aromatic N) is 1. The van der Waals surface area contributed by atoms with Gasteiger partial charge in [0.05, 0.1) is 0 Å². The van der Waals surface area contributed by atoms with Crippen LogP contribution in [0.3, 0.4) is 0 Å². The quantitative estimate of drug-likeness (QED) is 0.235. The molecule has 13 heteroatoms. The molecule has 15 heavy (non-hydrogen) atoms. The maximum Gasteiger partial charge on any atom is 1.00 e. The fourth-order valence-electron chi connectivity index (χ4n) is 0.327. The van der Waals surface area contributed by atoms with Crippen LogP contribution in [0.25, 0.3) is 0 Å². The third kappa shape index (κ3) is 4.24. The molecular formula is C2H2F4KNO5S2. The second kappa shape index (κ2) is 5.37. The van der Waals surface area contributed by atoms with E-state index >= 15 is 0 Å². The Bertz CT molecular complexity index is 430. The van der Waals surface area contributed by atoms with Gasteiger partial charge in [-0.25, -0.2) is 0 Å². The monoisotopic (exact) mass is 299 g/mol. The molecule has 0 fully saturated rings. The number of rotatable bonds is 3. The maximum absolute atomic E-state index is 11.9. The molecule has 0 radical (unpaired) electrons. The third-order valence-electron chi connectivity index (χ3n) is 0.830. The fraction of sp³-hybridized carbons (Fsp3) is 0.500. The standard InChI is InChI=1S/C2HF4NO5S2.K.H/c3-2(4,5)13(9,10)7(1-8)14(6,11)12;;/h1H;;/q;+1;-1. The van der Waals surface area contributed by atoms with Gasteiger partial charge in [-0.2, -0.15) is 30.0 Å². The molecule has 0 aromatic heterocycles. The zero-order valence-electron chi connectivity index (χ0n) is 7.89. The van der Waals surface area contributed by atoms with E-state index in [1.165, 1.54) is 0 Å². The van der Waals surface area contributed by atoms with E-state index in [-0.39, 0.29) is 52.8 Å². The van der Waals surface area contributed by atoms with E-state index in [4.69, 9.17) is 0 Å². The summed E-state index contributed by atoms with van der Waals surface area (Å²) in [5.41, 5.74) is -6.08. The van der Waals surface area contributed by atoms with Crippen molar-refractivity contribution in [2.75, 3.05) is 0 Å². The van der Waals surface area contributed by atoms with Crippen LogP contribution in [0.15, 0.2) is 0 Å². The maximum atomic E-state index is 11.9. The first-order valence-electron chi connectivity index (χ1n) is 2.45. The van der Waals surface area contributed by atoms with Gasteiger partial charge in [-0.3, -0.25) is 4.79 Å². The Labute approximate surface area is 126 Å². The Morgan fingerprint density at radius 2 is 1.47 bits per heavy atom. The molecule has 0 bridgehead atoms. The van der Waals surface area contributed by atoms with Crippen LogP contribution >= 0.6 is 0 Å². The first-order valence-corrected chi connectivity index (χ1v) is 5.23. The molecule has 0 N–H and O–H groups in total. The van der Waals surface area contributed by atoms with Crippen molar-refractivity contribution in [3.63, 3.8) is 0 Å². The van der Waals surface area contributed by atoms with E-state index in [0.29, 0.717) is 0 Å². The Morgan fingerprint density at radius 3 is 1.53 bits per heavy atom. The molecule has 86 valence electrons. The minimum absolute atomic E-state index is 0. The molecule has 1 amide bonds. The number of hydrogen-bond donors (Lipinski definition) is 0. The van der Waals surface area contributed by atoms with Crippen molar-refractivity contribution in [1.29, 1.82) is 0 Å². The van der Waals surface area contributed by atoms with Crippen molar-refractivity contribution >= 4 is 26.8 Å². The SMILES string of the molecule is O=CN(S(=O)(=O)F)S(=O)(=O)C(F)(F)F.[H-].[K+]. The van der Waals surface area contributed by atoms with Gasteiger partial charge in [0.25, 0.3) is 0 Å². The number of carbonyl (C=O) groups excluding carboxylic acids is 1. The van der Waals surface area contributed by atoms with Gasteiger partial charge in [-0.15, -0.1) is 0 Å². The van der Waals surface area contributed by atoms with Crippen LogP contribution in [0, 0.1) is 0 Å². The van der Waals surface area contributed by atoms with E-state index in [1.807, 2.05) is 0 Å². The summed E-state index contributed by atoms with van der Waals surface area (Å²) < 4.78 is 84.6. The summed E-state index contributed by atoms with van der Waals surface area (Å²) in [4.78, 5) is 9.67. The molecular weight excluding hydrogens is 297 g/mol. The van der Waals surface area contributed by atoms with E-state index in [1.54, 1.807) is 0 Å². The summed E-state index contributed by atoms with van der Waals surface area (Å²) in [6.45, 7) is 0. The molecule has 0 aliphatic rings. The summed E-state index contributed by atoms with van der Waals surface area (Å²) in [7, 11) is -12.8. The number of carbonyl (C=O) groups is 1. The average Bonchev–Trinajstić information content (AvgIpc) is 1.80. The second-order valence-corrected chi connectivity index (χ2v) is 4.98. The van der Waals surface area contributed by atoms with Gasteiger partial charge in [0.2, 0.25) is 6.41 Å². The number of hydrogen-bond acceptors (Lipinski definition) is 5. The van der Waals surface area contributed by atoms with Crippen molar-refractivity contribution in [3.05, 3.63) is 0 Å². The summed E-state index contributed by atoms with van der Waals surface area (Å²) in [5, 5.41) is 0. The second-order valence-electron chi connectivity index (χ2n) is 1.72. The smallest absolute Gasteiger partial charge is 1.00 e. The van der Waals surface area contributed by atoms with E-state index < -0.39 is 36.1 Å². The molecule has 0 aliphatic heterocycles. The Kier molecular flexibility index (Phi) is 6.48. The van der Waals surface area contributed by atoms with Crippen molar-refractivity contribution < 1.29 is 91.5 Å². The predicted molar refractivity (Wildman–Crippen MR) is 34.0 cm³/mol. The van der Waals surface area contributed by atoms with Crippen LogP contribution in [-0.2, 0) is 25.2 Å². The molecule has 0 aromatic rings. The van der Waals surface area contributed by atoms with Crippen LogP contribution < -0.4 is 51.4 Å². The first-order chi connectivity index (χ1) is 5.94. The van der Waals surface area contributed by atoms with Crippen LogP contribution in [-0.4, -0.2) is 32.5 Å². The molecule has 0 unspecified atom stereocenters. The molecule has 0 saturated heterocycles.